The summed E-state index contributed by atoms with van der Waals surface area (Å²) in [6.07, 6.45) is 1.05. The number of carbonyl (C=O) groups is 2. The summed E-state index contributed by atoms with van der Waals surface area (Å²) in [6.45, 7) is 1.59. The van der Waals surface area contributed by atoms with Crippen LogP contribution in [0.5, 0.6) is 0 Å². The van der Waals surface area contributed by atoms with Crippen LogP contribution in [0.25, 0.3) is 0 Å². The van der Waals surface area contributed by atoms with E-state index in [-0.39, 0.29) is 11.8 Å². The Morgan fingerprint density at radius 1 is 0.933 bits per heavy atom. The van der Waals surface area contributed by atoms with Gasteiger partial charge in [0.25, 0.3) is 11.8 Å². The van der Waals surface area contributed by atoms with Gasteiger partial charge in [0.05, 0.1) is 11.1 Å². The molecule has 0 aromatic heterocycles. The standard InChI is InChI=1S/C11H10N2O2/c14-10-8-4-1-2-5-9(8)11(15)13(10)12-6-3-7-12/h1-2,4-5H,3,6-7H2. The van der Waals surface area contributed by atoms with Crippen molar-refractivity contribution >= 4 is 11.8 Å². The minimum Gasteiger partial charge on any atom is -0.267 e. The molecule has 2 amide bonds. The van der Waals surface area contributed by atoms with Gasteiger partial charge < -0.3 is 0 Å². The fourth-order valence-corrected chi connectivity index (χ4v) is 1.93. The predicted molar refractivity (Wildman–Crippen MR) is 53.1 cm³/mol. The predicted octanol–water partition coefficient (Wildman–Crippen LogP) is 0.903. The number of amides is 2. The molecule has 0 unspecified atom stereocenters. The van der Waals surface area contributed by atoms with Crippen molar-refractivity contribution in [3.05, 3.63) is 35.4 Å². The van der Waals surface area contributed by atoms with Crippen LogP contribution in [-0.4, -0.2) is 34.9 Å². The van der Waals surface area contributed by atoms with E-state index < -0.39 is 0 Å². The Labute approximate surface area is 87.1 Å². The number of imide groups is 1. The number of hydrogen-bond acceptors (Lipinski definition) is 3. The summed E-state index contributed by atoms with van der Waals surface area (Å²) in [5.74, 6) is -0.370. The van der Waals surface area contributed by atoms with Crippen molar-refractivity contribution in [2.24, 2.45) is 0 Å². The topological polar surface area (TPSA) is 40.6 Å². The van der Waals surface area contributed by atoms with Gasteiger partial charge in [0.2, 0.25) is 0 Å². The molecule has 2 heterocycles. The van der Waals surface area contributed by atoms with Crippen molar-refractivity contribution in [1.29, 1.82) is 0 Å². The van der Waals surface area contributed by atoms with Crippen molar-refractivity contribution in [3.8, 4) is 0 Å². The lowest BCUT2D eigenvalue weighted by Crippen LogP contribution is -2.53. The van der Waals surface area contributed by atoms with E-state index >= 15 is 0 Å². The number of carbonyl (C=O) groups excluding carboxylic acids is 2. The highest BCUT2D eigenvalue weighted by atomic mass is 16.2. The lowest BCUT2D eigenvalue weighted by Gasteiger charge is -2.36. The first-order valence-electron chi connectivity index (χ1n) is 5.02. The van der Waals surface area contributed by atoms with Gasteiger partial charge in [-0.2, -0.15) is 0 Å². The molecular weight excluding hydrogens is 192 g/mol. The molecule has 0 radical (unpaired) electrons. The molecule has 0 N–H and O–H groups in total. The smallest absolute Gasteiger partial charge is 0.267 e. The van der Waals surface area contributed by atoms with E-state index in [0.29, 0.717) is 11.1 Å². The second-order valence-corrected chi connectivity index (χ2v) is 3.77. The second kappa shape index (κ2) is 2.90. The third-order valence-electron chi connectivity index (χ3n) is 2.89. The number of hydrazine groups is 1. The van der Waals surface area contributed by atoms with Crippen molar-refractivity contribution in [2.45, 2.75) is 6.42 Å². The first kappa shape index (κ1) is 8.61. The Bertz CT molecular complexity index is 417. The normalized spacial score (nSPS) is 20.4. The van der Waals surface area contributed by atoms with Crippen LogP contribution < -0.4 is 0 Å². The van der Waals surface area contributed by atoms with Gasteiger partial charge in [-0.05, 0) is 18.6 Å². The Hall–Kier alpha value is -1.68. The van der Waals surface area contributed by atoms with Crippen LogP contribution in [0.2, 0.25) is 0 Å². The van der Waals surface area contributed by atoms with Gasteiger partial charge >= 0.3 is 0 Å². The highest BCUT2D eigenvalue weighted by Gasteiger charge is 2.40. The maximum Gasteiger partial charge on any atom is 0.276 e. The lowest BCUT2D eigenvalue weighted by atomic mass is 10.1. The van der Waals surface area contributed by atoms with Crippen LogP contribution in [-0.2, 0) is 0 Å². The molecule has 0 bridgehead atoms. The molecule has 76 valence electrons. The molecule has 4 nitrogen and oxygen atoms in total. The molecule has 0 atom stereocenters. The van der Waals surface area contributed by atoms with Crippen LogP contribution in [0.15, 0.2) is 24.3 Å². The maximum atomic E-state index is 11.9. The van der Waals surface area contributed by atoms with Crippen molar-refractivity contribution < 1.29 is 9.59 Å². The third kappa shape index (κ3) is 1.05. The Morgan fingerprint density at radius 2 is 1.47 bits per heavy atom. The number of hydrogen-bond donors (Lipinski definition) is 0. The molecule has 2 aliphatic heterocycles. The molecule has 1 saturated heterocycles. The third-order valence-corrected chi connectivity index (χ3v) is 2.89. The summed E-state index contributed by atoms with van der Waals surface area (Å²) < 4.78 is 0. The van der Waals surface area contributed by atoms with Crippen LogP contribution in [0.3, 0.4) is 0 Å². The molecule has 2 aliphatic rings. The van der Waals surface area contributed by atoms with Gasteiger partial charge in [0.1, 0.15) is 0 Å². The SMILES string of the molecule is O=C1c2ccccc2C(=O)N1N1CCC1. The summed E-state index contributed by atoms with van der Waals surface area (Å²) in [7, 11) is 0. The number of rotatable bonds is 1. The van der Waals surface area contributed by atoms with E-state index in [1.165, 1.54) is 5.01 Å². The Kier molecular flexibility index (Phi) is 1.67. The minimum atomic E-state index is -0.185. The van der Waals surface area contributed by atoms with E-state index in [1.807, 2.05) is 0 Å². The van der Waals surface area contributed by atoms with Gasteiger partial charge in [-0.15, -0.1) is 0 Å². The quantitative estimate of drug-likeness (QED) is 0.635. The number of fused-ring (bicyclic) bond motifs is 1. The monoisotopic (exact) mass is 202 g/mol. The summed E-state index contributed by atoms with van der Waals surface area (Å²) in [5.41, 5.74) is 1.05. The molecule has 15 heavy (non-hydrogen) atoms. The number of benzene rings is 1. The van der Waals surface area contributed by atoms with E-state index in [2.05, 4.69) is 0 Å². The summed E-state index contributed by atoms with van der Waals surface area (Å²) in [5, 5.41) is 3.07. The van der Waals surface area contributed by atoms with E-state index in [4.69, 9.17) is 0 Å². The zero-order chi connectivity index (χ0) is 10.4. The highest BCUT2D eigenvalue weighted by Crippen LogP contribution is 2.26. The van der Waals surface area contributed by atoms with Crippen LogP contribution in [0.1, 0.15) is 27.1 Å². The molecule has 0 spiro atoms. The van der Waals surface area contributed by atoms with Crippen molar-refractivity contribution in [2.75, 3.05) is 13.1 Å². The van der Waals surface area contributed by atoms with Gasteiger partial charge in [0, 0.05) is 13.1 Å². The number of nitrogens with zero attached hydrogens (tertiary/aromatic N) is 2. The van der Waals surface area contributed by atoms with Gasteiger partial charge in [-0.25, -0.2) is 10.0 Å². The molecule has 4 heteroatoms. The average Bonchev–Trinajstić information content (AvgIpc) is 2.42. The molecule has 0 saturated carbocycles. The fraction of sp³-hybridized carbons (Fsp3) is 0.273. The summed E-state index contributed by atoms with van der Waals surface area (Å²) >= 11 is 0. The summed E-state index contributed by atoms with van der Waals surface area (Å²) in [6, 6.07) is 6.97. The van der Waals surface area contributed by atoms with Gasteiger partial charge in [0.15, 0.2) is 0 Å². The molecule has 3 rings (SSSR count). The first-order valence-corrected chi connectivity index (χ1v) is 5.02. The Morgan fingerprint density at radius 3 is 1.87 bits per heavy atom. The van der Waals surface area contributed by atoms with E-state index in [1.54, 1.807) is 29.3 Å². The summed E-state index contributed by atoms with van der Waals surface area (Å²) in [4.78, 5) is 23.8. The van der Waals surface area contributed by atoms with Crippen molar-refractivity contribution in [1.82, 2.24) is 10.0 Å². The zero-order valence-electron chi connectivity index (χ0n) is 8.14. The fourth-order valence-electron chi connectivity index (χ4n) is 1.93. The van der Waals surface area contributed by atoms with E-state index in [0.717, 1.165) is 19.5 Å². The molecule has 0 aliphatic carbocycles. The van der Waals surface area contributed by atoms with Gasteiger partial charge in [-0.1, -0.05) is 12.1 Å². The van der Waals surface area contributed by atoms with Crippen LogP contribution in [0, 0.1) is 0 Å². The zero-order valence-corrected chi connectivity index (χ0v) is 8.14. The van der Waals surface area contributed by atoms with Crippen molar-refractivity contribution in [3.63, 3.8) is 0 Å². The average molecular weight is 202 g/mol. The largest absolute Gasteiger partial charge is 0.276 e. The first-order chi connectivity index (χ1) is 7.29. The molecule has 1 aromatic carbocycles. The molecule has 1 fully saturated rings. The van der Waals surface area contributed by atoms with E-state index in [9.17, 15) is 9.59 Å². The minimum absolute atomic E-state index is 0.185. The Balaban J connectivity index is 2.04. The van der Waals surface area contributed by atoms with Crippen LogP contribution >= 0.6 is 0 Å². The highest BCUT2D eigenvalue weighted by molar-refractivity contribution is 6.20. The van der Waals surface area contributed by atoms with Crippen LogP contribution in [0.4, 0.5) is 0 Å². The lowest BCUT2D eigenvalue weighted by molar-refractivity contribution is -0.0284. The molecular formula is C11H10N2O2. The van der Waals surface area contributed by atoms with Gasteiger partial charge in [-0.3, -0.25) is 9.59 Å². The second-order valence-electron chi connectivity index (χ2n) is 3.77. The maximum absolute atomic E-state index is 11.9. The molecule has 1 aromatic rings.